The maximum Gasteiger partial charge on any atom is 0.338 e. The van der Waals surface area contributed by atoms with Crippen LogP contribution in [-0.4, -0.2) is 43.8 Å². The van der Waals surface area contributed by atoms with E-state index in [1.165, 1.54) is 35.5 Å². The molecular formula is C21H24N2O5S. The van der Waals surface area contributed by atoms with Gasteiger partial charge in [-0.1, -0.05) is 23.8 Å². The van der Waals surface area contributed by atoms with Gasteiger partial charge in [0.2, 0.25) is 10.0 Å². The van der Waals surface area contributed by atoms with Crippen molar-refractivity contribution in [2.45, 2.75) is 37.7 Å². The zero-order valence-electron chi connectivity index (χ0n) is 16.4. The van der Waals surface area contributed by atoms with Crippen molar-refractivity contribution in [3.8, 4) is 0 Å². The molecule has 1 fully saturated rings. The van der Waals surface area contributed by atoms with Crippen molar-refractivity contribution in [1.29, 1.82) is 0 Å². The van der Waals surface area contributed by atoms with Gasteiger partial charge in [0.1, 0.15) is 0 Å². The predicted molar refractivity (Wildman–Crippen MR) is 109 cm³/mol. The molecule has 2 aromatic rings. The number of amides is 1. The molecule has 1 atom stereocenters. The number of aryl methyl sites for hydroxylation is 1. The summed E-state index contributed by atoms with van der Waals surface area (Å²) < 4.78 is 32.0. The predicted octanol–water partition coefficient (Wildman–Crippen LogP) is 2.96. The van der Waals surface area contributed by atoms with Crippen molar-refractivity contribution < 1.29 is 22.7 Å². The third-order valence-corrected chi connectivity index (χ3v) is 6.64. The Bertz CT molecular complexity index is 996. The topological polar surface area (TPSA) is 92.8 Å². The molecule has 1 aliphatic rings. The summed E-state index contributed by atoms with van der Waals surface area (Å²) in [6.07, 6.45) is 0.617. The molecule has 1 N–H and O–H groups in total. The number of carbonyl (C=O) groups is 2. The first kappa shape index (κ1) is 21.0. The zero-order chi connectivity index (χ0) is 21.0. The van der Waals surface area contributed by atoms with Crippen LogP contribution in [0.1, 0.15) is 35.7 Å². The number of carbonyl (C=O) groups excluding carboxylic acids is 2. The normalized spacial score (nSPS) is 15.7. The Morgan fingerprint density at radius 1 is 1.07 bits per heavy atom. The molecular weight excluding hydrogens is 392 g/mol. The van der Waals surface area contributed by atoms with E-state index in [0.29, 0.717) is 18.8 Å². The molecule has 7 nitrogen and oxygen atoms in total. The maximum absolute atomic E-state index is 12.7. The van der Waals surface area contributed by atoms with Gasteiger partial charge in [0, 0.05) is 18.8 Å². The van der Waals surface area contributed by atoms with E-state index in [1.807, 2.05) is 19.1 Å². The van der Waals surface area contributed by atoms with Gasteiger partial charge in [0.15, 0.2) is 6.10 Å². The van der Waals surface area contributed by atoms with Crippen LogP contribution in [0.3, 0.4) is 0 Å². The van der Waals surface area contributed by atoms with Crippen molar-refractivity contribution in [1.82, 2.24) is 4.31 Å². The molecule has 1 amide bonds. The van der Waals surface area contributed by atoms with Crippen molar-refractivity contribution >= 4 is 27.6 Å². The number of esters is 1. The maximum atomic E-state index is 12.7. The number of nitrogens with zero attached hydrogens (tertiary/aromatic N) is 1. The molecule has 3 rings (SSSR count). The molecule has 0 aromatic heterocycles. The fourth-order valence-electron chi connectivity index (χ4n) is 3.02. The van der Waals surface area contributed by atoms with Gasteiger partial charge in [-0.05, 0) is 57.0 Å². The van der Waals surface area contributed by atoms with E-state index in [-0.39, 0.29) is 10.5 Å². The monoisotopic (exact) mass is 416 g/mol. The standard InChI is InChI=1S/C21H24N2O5S/c1-15-8-10-18(11-9-15)22-20(24)16(2)28-21(25)17-6-5-7-19(14-17)29(26,27)23-12-3-4-13-23/h5-11,14,16H,3-4,12-13H2,1-2H3,(H,22,24)/t16-/m1/s1. The summed E-state index contributed by atoms with van der Waals surface area (Å²) in [5, 5.41) is 2.68. The summed E-state index contributed by atoms with van der Waals surface area (Å²) in [7, 11) is -3.64. The van der Waals surface area contributed by atoms with E-state index in [4.69, 9.17) is 4.74 Å². The number of ether oxygens (including phenoxy) is 1. The van der Waals surface area contributed by atoms with Gasteiger partial charge in [-0.25, -0.2) is 13.2 Å². The molecule has 0 radical (unpaired) electrons. The van der Waals surface area contributed by atoms with Gasteiger partial charge in [0.05, 0.1) is 10.5 Å². The van der Waals surface area contributed by atoms with Crippen molar-refractivity contribution in [3.63, 3.8) is 0 Å². The van der Waals surface area contributed by atoms with Crippen molar-refractivity contribution in [2.24, 2.45) is 0 Å². The lowest BCUT2D eigenvalue weighted by Crippen LogP contribution is -2.30. The molecule has 0 aliphatic carbocycles. The minimum atomic E-state index is -3.64. The largest absolute Gasteiger partial charge is 0.449 e. The van der Waals surface area contributed by atoms with Crippen LogP contribution in [0.4, 0.5) is 5.69 Å². The Morgan fingerprint density at radius 2 is 1.72 bits per heavy atom. The molecule has 0 spiro atoms. The van der Waals surface area contributed by atoms with E-state index in [1.54, 1.807) is 12.1 Å². The van der Waals surface area contributed by atoms with Crippen LogP contribution >= 0.6 is 0 Å². The first-order valence-electron chi connectivity index (χ1n) is 9.46. The number of sulfonamides is 1. The van der Waals surface area contributed by atoms with Crippen molar-refractivity contribution in [2.75, 3.05) is 18.4 Å². The third-order valence-electron chi connectivity index (χ3n) is 4.74. The quantitative estimate of drug-likeness (QED) is 0.731. The lowest BCUT2D eigenvalue weighted by atomic mass is 10.2. The number of anilines is 1. The molecule has 0 unspecified atom stereocenters. The Morgan fingerprint density at radius 3 is 2.38 bits per heavy atom. The molecule has 8 heteroatoms. The Hall–Kier alpha value is -2.71. The number of nitrogens with one attached hydrogen (secondary N) is 1. The summed E-state index contributed by atoms with van der Waals surface area (Å²) in [5.41, 5.74) is 1.74. The van der Waals surface area contributed by atoms with Gasteiger partial charge in [-0.15, -0.1) is 0 Å². The summed E-state index contributed by atoms with van der Waals surface area (Å²) in [4.78, 5) is 24.8. The van der Waals surface area contributed by atoms with Gasteiger partial charge in [-0.3, -0.25) is 4.79 Å². The Balaban J connectivity index is 1.67. The van der Waals surface area contributed by atoms with Gasteiger partial charge < -0.3 is 10.1 Å². The van der Waals surface area contributed by atoms with Crippen LogP contribution in [0.5, 0.6) is 0 Å². The highest BCUT2D eigenvalue weighted by atomic mass is 32.2. The fraction of sp³-hybridized carbons (Fsp3) is 0.333. The Labute approximate surface area is 170 Å². The summed E-state index contributed by atoms with van der Waals surface area (Å²) in [6.45, 7) is 4.36. The van der Waals surface area contributed by atoms with Crippen LogP contribution < -0.4 is 5.32 Å². The minimum absolute atomic E-state index is 0.0469. The van der Waals surface area contributed by atoms with E-state index in [0.717, 1.165) is 18.4 Å². The number of hydrogen-bond acceptors (Lipinski definition) is 5. The minimum Gasteiger partial charge on any atom is -0.449 e. The summed E-state index contributed by atoms with van der Waals surface area (Å²) in [5.74, 6) is -1.22. The van der Waals surface area contributed by atoms with Crippen LogP contribution in [0.15, 0.2) is 53.4 Å². The second-order valence-electron chi connectivity index (χ2n) is 7.04. The smallest absolute Gasteiger partial charge is 0.338 e. The SMILES string of the molecule is Cc1ccc(NC(=O)[C@@H](C)OC(=O)c2cccc(S(=O)(=O)N3CCCC3)c2)cc1. The molecule has 154 valence electrons. The van der Waals surface area contributed by atoms with Crippen LogP contribution in [0, 0.1) is 6.92 Å². The van der Waals surface area contributed by atoms with E-state index >= 15 is 0 Å². The average Bonchev–Trinajstić information content (AvgIpc) is 3.25. The lowest BCUT2D eigenvalue weighted by molar-refractivity contribution is -0.123. The summed E-state index contributed by atoms with van der Waals surface area (Å²) in [6, 6.07) is 12.9. The molecule has 1 aliphatic heterocycles. The third kappa shape index (κ3) is 5.02. The molecule has 1 saturated heterocycles. The molecule has 0 saturated carbocycles. The van der Waals surface area contributed by atoms with E-state index in [2.05, 4.69) is 5.32 Å². The average molecular weight is 416 g/mol. The van der Waals surface area contributed by atoms with Gasteiger partial charge in [0.25, 0.3) is 5.91 Å². The summed E-state index contributed by atoms with van der Waals surface area (Å²) >= 11 is 0. The molecule has 1 heterocycles. The fourth-order valence-corrected chi connectivity index (χ4v) is 4.59. The number of benzene rings is 2. The van der Waals surface area contributed by atoms with Gasteiger partial charge in [-0.2, -0.15) is 4.31 Å². The molecule has 0 bridgehead atoms. The van der Waals surface area contributed by atoms with Crippen molar-refractivity contribution in [3.05, 3.63) is 59.7 Å². The van der Waals surface area contributed by atoms with Gasteiger partial charge >= 0.3 is 5.97 Å². The second kappa shape index (κ2) is 8.75. The first-order valence-corrected chi connectivity index (χ1v) is 10.9. The number of hydrogen-bond donors (Lipinski definition) is 1. The van der Waals surface area contributed by atoms with Crippen LogP contribution in [0.25, 0.3) is 0 Å². The lowest BCUT2D eigenvalue weighted by Gasteiger charge is -2.16. The highest BCUT2D eigenvalue weighted by Crippen LogP contribution is 2.22. The van der Waals surface area contributed by atoms with Crippen LogP contribution in [0.2, 0.25) is 0 Å². The zero-order valence-corrected chi connectivity index (χ0v) is 17.2. The first-order chi connectivity index (χ1) is 13.8. The second-order valence-corrected chi connectivity index (χ2v) is 8.98. The molecule has 29 heavy (non-hydrogen) atoms. The van der Waals surface area contributed by atoms with E-state index < -0.39 is 28.0 Å². The van der Waals surface area contributed by atoms with E-state index in [9.17, 15) is 18.0 Å². The highest BCUT2D eigenvalue weighted by molar-refractivity contribution is 7.89. The highest BCUT2D eigenvalue weighted by Gasteiger charge is 2.28. The van der Waals surface area contributed by atoms with Crippen LogP contribution in [-0.2, 0) is 19.6 Å². The number of rotatable bonds is 6. The molecule has 2 aromatic carbocycles. The Kier molecular flexibility index (Phi) is 6.34.